The number of hydrogen-bond acceptors (Lipinski definition) is 4. The molecule has 0 spiro atoms. The summed E-state index contributed by atoms with van der Waals surface area (Å²) in [5.41, 5.74) is 0.992. The number of nitrogens with one attached hydrogen (secondary N) is 1. The average molecular weight is 227 g/mol. The predicted octanol–water partition coefficient (Wildman–Crippen LogP) is 1.82. The zero-order valence-electron chi connectivity index (χ0n) is 10.5. The Labute approximate surface area is 97.0 Å². The van der Waals surface area contributed by atoms with Crippen LogP contribution in [0.15, 0.2) is 11.8 Å². The van der Waals surface area contributed by atoms with E-state index >= 15 is 0 Å². The van der Waals surface area contributed by atoms with Gasteiger partial charge in [0.25, 0.3) is 0 Å². The van der Waals surface area contributed by atoms with E-state index < -0.39 is 0 Å². The van der Waals surface area contributed by atoms with Gasteiger partial charge < -0.3 is 9.47 Å². The van der Waals surface area contributed by atoms with Gasteiger partial charge in [-0.05, 0) is 13.3 Å². The lowest BCUT2D eigenvalue weighted by Crippen LogP contribution is -2.37. The summed E-state index contributed by atoms with van der Waals surface area (Å²) in [6.45, 7) is 10.3. The summed E-state index contributed by atoms with van der Waals surface area (Å²) in [5.74, 6) is -0.199. The molecule has 0 aromatic rings. The molecule has 0 aromatic heterocycles. The van der Waals surface area contributed by atoms with Gasteiger partial charge in [0.05, 0.1) is 12.2 Å². The Morgan fingerprint density at radius 1 is 1.56 bits per heavy atom. The van der Waals surface area contributed by atoms with Crippen LogP contribution in [-0.4, -0.2) is 25.3 Å². The molecular weight excluding hydrogens is 206 g/mol. The molecule has 4 heteroatoms. The van der Waals surface area contributed by atoms with Crippen LogP contribution in [0.1, 0.15) is 34.1 Å². The summed E-state index contributed by atoms with van der Waals surface area (Å²) in [6.07, 6.45) is 2.87. The van der Waals surface area contributed by atoms with E-state index in [-0.39, 0.29) is 17.6 Å². The monoisotopic (exact) mass is 227 g/mol. The molecule has 4 nitrogen and oxygen atoms in total. The summed E-state index contributed by atoms with van der Waals surface area (Å²) < 4.78 is 9.74. The predicted molar refractivity (Wildman–Crippen MR) is 61.7 cm³/mol. The molecule has 2 aliphatic heterocycles. The highest BCUT2D eigenvalue weighted by molar-refractivity contribution is 5.92. The van der Waals surface area contributed by atoms with Crippen molar-refractivity contribution in [2.24, 2.45) is 5.41 Å². The first-order chi connectivity index (χ1) is 7.47. The quantitative estimate of drug-likeness (QED) is 0.731. The van der Waals surface area contributed by atoms with Gasteiger partial charge in [0.1, 0.15) is 12.5 Å². The molecule has 1 atom stereocenters. The third kappa shape index (κ3) is 3.32. The fraction of sp³-hybridized carbons (Fsp3) is 0.750. The van der Waals surface area contributed by atoms with E-state index in [2.05, 4.69) is 30.8 Å². The van der Waals surface area contributed by atoms with Crippen molar-refractivity contribution >= 4 is 5.97 Å². The Kier molecular flexibility index (Phi) is 4.50. The fourth-order valence-corrected chi connectivity index (χ4v) is 1.34. The molecular formula is C12H21NO3. The number of esters is 1. The van der Waals surface area contributed by atoms with Gasteiger partial charge in [-0.25, -0.2) is 4.79 Å². The molecule has 0 aliphatic carbocycles. The largest absolute Gasteiger partial charge is 0.430 e. The molecule has 2 heterocycles. The Morgan fingerprint density at radius 2 is 2.19 bits per heavy atom. The van der Waals surface area contributed by atoms with Crippen LogP contribution in [0.2, 0.25) is 0 Å². The van der Waals surface area contributed by atoms with Crippen molar-refractivity contribution < 1.29 is 14.3 Å². The summed E-state index contributed by atoms with van der Waals surface area (Å²) in [6, 6.07) is 0. The normalized spacial score (nSPS) is 23.9. The van der Waals surface area contributed by atoms with Crippen LogP contribution in [0, 0.1) is 5.41 Å². The van der Waals surface area contributed by atoms with Gasteiger partial charge in [0.2, 0.25) is 0 Å². The first-order valence-corrected chi connectivity index (χ1v) is 5.70. The number of carbonyl (C=O) groups is 1. The maximum atomic E-state index is 9.94. The van der Waals surface area contributed by atoms with E-state index in [9.17, 15) is 4.79 Å². The first-order valence-electron chi connectivity index (χ1n) is 5.70. The number of carbonyl (C=O) groups excluding carboxylic acids is 1. The Balaban J connectivity index is 0.000000181. The molecule has 1 N–H and O–H groups in total. The van der Waals surface area contributed by atoms with E-state index in [0.29, 0.717) is 5.57 Å². The lowest BCUT2D eigenvalue weighted by Gasteiger charge is -2.29. The lowest BCUT2D eigenvalue weighted by atomic mass is 9.88. The van der Waals surface area contributed by atoms with Crippen molar-refractivity contribution in [1.82, 2.24) is 5.32 Å². The van der Waals surface area contributed by atoms with E-state index in [1.165, 1.54) is 6.26 Å². The second kappa shape index (κ2) is 5.46. The average Bonchev–Trinajstić information content (AvgIpc) is 2.81. The summed E-state index contributed by atoms with van der Waals surface area (Å²) in [7, 11) is 0. The Bertz CT molecular complexity index is 278. The smallest absolute Gasteiger partial charge is 0.341 e. The molecule has 0 amide bonds. The van der Waals surface area contributed by atoms with Gasteiger partial charge in [0.15, 0.2) is 0 Å². The summed E-state index contributed by atoms with van der Waals surface area (Å²) in [4.78, 5) is 9.94. The topological polar surface area (TPSA) is 47.6 Å². The zero-order chi connectivity index (χ0) is 12.2. The SMILES string of the molecule is CC1=COC1=O.CCC(C)(C)C1NCCO1. The molecule has 2 aliphatic rings. The number of cyclic esters (lactones) is 1. The maximum absolute atomic E-state index is 9.94. The van der Waals surface area contributed by atoms with Gasteiger partial charge >= 0.3 is 5.97 Å². The minimum absolute atomic E-state index is 0.199. The van der Waals surface area contributed by atoms with Crippen molar-refractivity contribution in [3.05, 3.63) is 11.8 Å². The molecule has 1 fully saturated rings. The molecule has 16 heavy (non-hydrogen) atoms. The molecule has 2 rings (SSSR count). The first kappa shape index (κ1) is 13.2. The minimum Gasteiger partial charge on any atom is -0.430 e. The molecule has 0 radical (unpaired) electrons. The lowest BCUT2D eigenvalue weighted by molar-refractivity contribution is -0.138. The zero-order valence-corrected chi connectivity index (χ0v) is 10.5. The van der Waals surface area contributed by atoms with Crippen LogP contribution in [-0.2, 0) is 14.3 Å². The Hall–Kier alpha value is -0.870. The van der Waals surface area contributed by atoms with Crippen molar-refractivity contribution in [2.75, 3.05) is 13.2 Å². The van der Waals surface area contributed by atoms with E-state index in [4.69, 9.17) is 4.74 Å². The molecule has 1 saturated heterocycles. The van der Waals surface area contributed by atoms with E-state index in [1.807, 2.05) is 0 Å². The molecule has 0 bridgehead atoms. The summed E-state index contributed by atoms with van der Waals surface area (Å²) >= 11 is 0. The highest BCUT2D eigenvalue weighted by Crippen LogP contribution is 2.26. The standard InChI is InChI=1S/C8H17NO.C4H4O2/c1-4-8(2,3)7-9-5-6-10-7;1-3-2-6-4(3)5/h7,9H,4-6H2,1-3H3;2H,1H3. The second-order valence-electron chi connectivity index (χ2n) is 4.75. The van der Waals surface area contributed by atoms with Crippen LogP contribution < -0.4 is 5.32 Å². The van der Waals surface area contributed by atoms with Gasteiger partial charge in [-0.2, -0.15) is 0 Å². The third-order valence-corrected chi connectivity index (χ3v) is 3.00. The minimum atomic E-state index is -0.199. The van der Waals surface area contributed by atoms with Crippen molar-refractivity contribution in [3.8, 4) is 0 Å². The van der Waals surface area contributed by atoms with Gasteiger partial charge in [0, 0.05) is 12.0 Å². The number of hydrogen-bond donors (Lipinski definition) is 1. The van der Waals surface area contributed by atoms with Gasteiger partial charge in [-0.1, -0.05) is 20.8 Å². The van der Waals surface area contributed by atoms with Crippen LogP contribution in [0.5, 0.6) is 0 Å². The summed E-state index contributed by atoms with van der Waals surface area (Å²) in [5, 5.41) is 3.33. The van der Waals surface area contributed by atoms with Crippen LogP contribution in [0.25, 0.3) is 0 Å². The Morgan fingerprint density at radius 3 is 2.44 bits per heavy atom. The van der Waals surface area contributed by atoms with Crippen LogP contribution in [0.3, 0.4) is 0 Å². The maximum Gasteiger partial charge on any atom is 0.341 e. The molecule has 0 aromatic carbocycles. The number of ether oxygens (including phenoxy) is 2. The van der Waals surface area contributed by atoms with E-state index in [1.54, 1.807) is 6.92 Å². The third-order valence-electron chi connectivity index (χ3n) is 3.00. The molecule has 1 unspecified atom stereocenters. The molecule has 0 saturated carbocycles. The van der Waals surface area contributed by atoms with Gasteiger partial charge in [-0.15, -0.1) is 0 Å². The van der Waals surface area contributed by atoms with Crippen LogP contribution in [0.4, 0.5) is 0 Å². The van der Waals surface area contributed by atoms with Crippen molar-refractivity contribution in [1.29, 1.82) is 0 Å². The second-order valence-corrected chi connectivity index (χ2v) is 4.75. The highest BCUT2D eigenvalue weighted by Gasteiger charge is 2.30. The van der Waals surface area contributed by atoms with Crippen molar-refractivity contribution in [2.45, 2.75) is 40.3 Å². The highest BCUT2D eigenvalue weighted by atomic mass is 16.5. The van der Waals surface area contributed by atoms with Crippen molar-refractivity contribution in [3.63, 3.8) is 0 Å². The molecule has 92 valence electrons. The van der Waals surface area contributed by atoms with Crippen LogP contribution >= 0.6 is 0 Å². The number of rotatable bonds is 2. The van der Waals surface area contributed by atoms with Gasteiger partial charge in [-0.3, -0.25) is 5.32 Å². The fourth-order valence-electron chi connectivity index (χ4n) is 1.34. The van der Waals surface area contributed by atoms with E-state index in [0.717, 1.165) is 19.6 Å².